The van der Waals surface area contributed by atoms with Crippen molar-refractivity contribution in [1.29, 1.82) is 0 Å². The van der Waals surface area contributed by atoms with E-state index in [2.05, 4.69) is 5.32 Å². The van der Waals surface area contributed by atoms with Crippen LogP contribution in [0.4, 0.5) is 13.2 Å². The molecule has 1 N–H and O–H groups in total. The van der Waals surface area contributed by atoms with E-state index in [9.17, 15) is 13.2 Å². The predicted octanol–water partition coefficient (Wildman–Crippen LogP) is 4.00. The number of nitrogens with one attached hydrogen (secondary N) is 1. The first-order valence-electron chi connectivity index (χ1n) is 6.53. The van der Waals surface area contributed by atoms with Crippen LogP contribution in [0.2, 0.25) is 0 Å². The van der Waals surface area contributed by atoms with Gasteiger partial charge in [0.25, 0.3) is 0 Å². The Labute approximate surface area is 116 Å². The molecule has 1 atom stereocenters. The lowest BCUT2D eigenvalue weighted by Gasteiger charge is -2.19. The van der Waals surface area contributed by atoms with Gasteiger partial charge in [-0.25, -0.2) is 13.2 Å². The third kappa shape index (κ3) is 3.39. The van der Waals surface area contributed by atoms with Crippen LogP contribution < -0.4 is 5.32 Å². The van der Waals surface area contributed by atoms with E-state index in [1.165, 1.54) is 30.3 Å². The molecule has 0 radical (unpaired) electrons. The monoisotopic (exact) mass is 279 g/mol. The van der Waals surface area contributed by atoms with Gasteiger partial charge in [-0.15, -0.1) is 0 Å². The highest BCUT2D eigenvalue weighted by molar-refractivity contribution is 5.26. The Bertz CT molecular complexity index is 546. The van der Waals surface area contributed by atoms with Crippen LogP contribution in [0.15, 0.2) is 42.5 Å². The van der Waals surface area contributed by atoms with Gasteiger partial charge in [0.05, 0.1) is 0 Å². The van der Waals surface area contributed by atoms with Crippen molar-refractivity contribution >= 4 is 0 Å². The van der Waals surface area contributed by atoms with E-state index < -0.39 is 17.7 Å². The summed E-state index contributed by atoms with van der Waals surface area (Å²) in [6.07, 6.45) is 0.395. The van der Waals surface area contributed by atoms with Gasteiger partial charge < -0.3 is 5.32 Å². The number of benzene rings is 2. The highest BCUT2D eigenvalue weighted by atomic mass is 19.1. The highest BCUT2D eigenvalue weighted by Crippen LogP contribution is 2.24. The van der Waals surface area contributed by atoms with Crippen molar-refractivity contribution in [3.8, 4) is 0 Å². The molecule has 0 spiro atoms. The van der Waals surface area contributed by atoms with Crippen molar-refractivity contribution in [2.45, 2.75) is 19.4 Å². The number of halogens is 3. The Morgan fingerprint density at radius 2 is 1.55 bits per heavy atom. The van der Waals surface area contributed by atoms with E-state index in [4.69, 9.17) is 0 Å². The molecule has 0 fully saturated rings. The third-order valence-corrected chi connectivity index (χ3v) is 3.15. The summed E-state index contributed by atoms with van der Waals surface area (Å²) in [4.78, 5) is 0. The maximum atomic E-state index is 13.9. The molecule has 0 heterocycles. The second-order valence-electron chi connectivity index (χ2n) is 4.58. The molecule has 4 heteroatoms. The van der Waals surface area contributed by atoms with E-state index in [1.54, 1.807) is 12.1 Å². The molecule has 0 saturated heterocycles. The molecule has 20 heavy (non-hydrogen) atoms. The largest absolute Gasteiger partial charge is 0.310 e. The average molecular weight is 279 g/mol. The summed E-state index contributed by atoms with van der Waals surface area (Å²) in [5, 5.41) is 3.07. The Hall–Kier alpha value is -1.81. The van der Waals surface area contributed by atoms with Crippen LogP contribution in [0.1, 0.15) is 24.1 Å². The Morgan fingerprint density at radius 1 is 0.950 bits per heavy atom. The van der Waals surface area contributed by atoms with Crippen molar-refractivity contribution in [2.75, 3.05) is 6.54 Å². The maximum absolute atomic E-state index is 13.9. The molecule has 0 aliphatic carbocycles. The van der Waals surface area contributed by atoms with E-state index >= 15 is 0 Å². The second kappa shape index (κ2) is 6.57. The lowest BCUT2D eigenvalue weighted by atomic mass is 9.98. The van der Waals surface area contributed by atoms with Crippen molar-refractivity contribution < 1.29 is 13.2 Å². The molecule has 0 saturated carbocycles. The number of likely N-dealkylation sites (N-methyl/N-ethyl adjacent to an activating group) is 1. The second-order valence-corrected chi connectivity index (χ2v) is 4.58. The summed E-state index contributed by atoms with van der Waals surface area (Å²) in [5.41, 5.74) is 0.846. The van der Waals surface area contributed by atoms with Crippen LogP contribution in [0, 0.1) is 17.5 Å². The molecule has 0 aliphatic heterocycles. The van der Waals surface area contributed by atoms with Gasteiger partial charge in [-0.05, 0) is 42.8 Å². The molecular weight excluding hydrogens is 263 g/mol. The lowest BCUT2D eigenvalue weighted by molar-refractivity contribution is 0.473. The van der Waals surface area contributed by atoms with Crippen LogP contribution in [0.25, 0.3) is 0 Å². The minimum atomic E-state index is -0.571. The summed E-state index contributed by atoms with van der Waals surface area (Å²) in [6.45, 7) is 2.45. The summed E-state index contributed by atoms with van der Waals surface area (Å²) >= 11 is 0. The standard InChI is InChI=1S/C16H16F3N/c1-2-20-15(10-11-6-8-12(17)9-7-11)16-13(18)4-3-5-14(16)19/h3-9,15,20H,2,10H2,1H3. The first-order chi connectivity index (χ1) is 9.61. The molecule has 0 bridgehead atoms. The lowest BCUT2D eigenvalue weighted by Crippen LogP contribution is -2.25. The molecule has 0 aliphatic rings. The number of hydrogen-bond donors (Lipinski definition) is 1. The molecule has 0 amide bonds. The fourth-order valence-electron chi connectivity index (χ4n) is 2.22. The van der Waals surface area contributed by atoms with Gasteiger partial charge in [-0.2, -0.15) is 0 Å². The number of rotatable bonds is 5. The molecule has 106 valence electrons. The first-order valence-corrected chi connectivity index (χ1v) is 6.53. The molecule has 1 unspecified atom stereocenters. The zero-order valence-corrected chi connectivity index (χ0v) is 11.2. The highest BCUT2D eigenvalue weighted by Gasteiger charge is 2.19. The minimum absolute atomic E-state index is 0.0266. The Balaban J connectivity index is 2.29. The van der Waals surface area contributed by atoms with Crippen LogP contribution in [0.3, 0.4) is 0 Å². The summed E-state index contributed by atoms with van der Waals surface area (Å²) in [5.74, 6) is -1.47. The van der Waals surface area contributed by atoms with Gasteiger partial charge in [0.1, 0.15) is 17.5 Å². The minimum Gasteiger partial charge on any atom is -0.310 e. The van der Waals surface area contributed by atoms with Gasteiger partial charge >= 0.3 is 0 Å². The molecule has 2 rings (SSSR count). The molecule has 2 aromatic carbocycles. The fourth-order valence-corrected chi connectivity index (χ4v) is 2.22. The van der Waals surface area contributed by atoms with Crippen molar-refractivity contribution in [3.05, 3.63) is 71.0 Å². The topological polar surface area (TPSA) is 12.0 Å². The van der Waals surface area contributed by atoms with E-state index in [0.29, 0.717) is 13.0 Å². The van der Waals surface area contributed by atoms with Gasteiger partial charge in [0.2, 0.25) is 0 Å². The molecule has 0 aromatic heterocycles. The normalized spacial score (nSPS) is 12.4. The number of hydrogen-bond acceptors (Lipinski definition) is 1. The summed E-state index contributed by atoms with van der Waals surface area (Å²) < 4.78 is 40.6. The smallest absolute Gasteiger partial charge is 0.130 e. The van der Waals surface area contributed by atoms with Crippen LogP contribution in [-0.4, -0.2) is 6.54 Å². The zero-order valence-electron chi connectivity index (χ0n) is 11.2. The first kappa shape index (κ1) is 14.6. The van der Waals surface area contributed by atoms with Crippen molar-refractivity contribution in [3.63, 3.8) is 0 Å². The van der Waals surface area contributed by atoms with Crippen LogP contribution in [0.5, 0.6) is 0 Å². The summed E-state index contributed by atoms with van der Waals surface area (Å²) in [7, 11) is 0. The van der Waals surface area contributed by atoms with Crippen LogP contribution in [-0.2, 0) is 6.42 Å². The molecule has 2 aromatic rings. The summed E-state index contributed by atoms with van der Waals surface area (Å²) in [6, 6.07) is 9.28. The van der Waals surface area contributed by atoms with Gasteiger partial charge in [-0.1, -0.05) is 25.1 Å². The average Bonchev–Trinajstić information content (AvgIpc) is 2.41. The van der Waals surface area contributed by atoms with E-state index in [0.717, 1.165) is 5.56 Å². The van der Waals surface area contributed by atoms with E-state index in [1.807, 2.05) is 6.92 Å². The SMILES string of the molecule is CCNC(Cc1ccc(F)cc1)c1c(F)cccc1F. The van der Waals surface area contributed by atoms with Crippen LogP contribution >= 0.6 is 0 Å². The van der Waals surface area contributed by atoms with Crippen molar-refractivity contribution in [2.24, 2.45) is 0 Å². The third-order valence-electron chi connectivity index (χ3n) is 3.15. The maximum Gasteiger partial charge on any atom is 0.130 e. The van der Waals surface area contributed by atoms with E-state index in [-0.39, 0.29) is 11.4 Å². The molecule has 1 nitrogen and oxygen atoms in total. The Morgan fingerprint density at radius 3 is 2.10 bits per heavy atom. The Kier molecular flexibility index (Phi) is 4.79. The van der Waals surface area contributed by atoms with Crippen molar-refractivity contribution in [1.82, 2.24) is 5.32 Å². The molecular formula is C16H16F3N. The zero-order chi connectivity index (χ0) is 14.5. The predicted molar refractivity (Wildman–Crippen MR) is 72.9 cm³/mol. The van der Waals surface area contributed by atoms with Gasteiger partial charge in [-0.3, -0.25) is 0 Å². The van der Waals surface area contributed by atoms with Gasteiger partial charge in [0.15, 0.2) is 0 Å². The fraction of sp³-hybridized carbons (Fsp3) is 0.250. The van der Waals surface area contributed by atoms with Gasteiger partial charge in [0, 0.05) is 11.6 Å². The quantitative estimate of drug-likeness (QED) is 0.872.